The van der Waals surface area contributed by atoms with Gasteiger partial charge in [-0.25, -0.2) is 0 Å². The van der Waals surface area contributed by atoms with Gasteiger partial charge in [-0.05, 0) is 13.8 Å². The van der Waals surface area contributed by atoms with Gasteiger partial charge in [0.1, 0.15) is 11.6 Å². The second-order valence-corrected chi connectivity index (χ2v) is 5.34. The van der Waals surface area contributed by atoms with E-state index in [1.165, 1.54) is 13.8 Å². The summed E-state index contributed by atoms with van der Waals surface area (Å²) in [6.45, 7) is 2.84. The Morgan fingerprint density at radius 3 is 1.12 bits per heavy atom. The van der Waals surface area contributed by atoms with Gasteiger partial charge in [0.05, 0.1) is 12.8 Å². The van der Waals surface area contributed by atoms with Crippen LogP contribution in [0.15, 0.2) is 60.7 Å². The van der Waals surface area contributed by atoms with Crippen molar-refractivity contribution in [1.82, 2.24) is 0 Å². The molecule has 2 aromatic rings. The molecule has 0 saturated carbocycles. The molecule has 0 N–H and O–H groups in total. The minimum Gasteiger partial charge on any atom is -0.300 e. The van der Waals surface area contributed by atoms with E-state index in [-0.39, 0.29) is 59.9 Å². The van der Waals surface area contributed by atoms with Gasteiger partial charge in [0.25, 0.3) is 0 Å². The molecule has 4 nitrogen and oxygen atoms in total. The topological polar surface area (TPSA) is 68.3 Å². The summed E-state index contributed by atoms with van der Waals surface area (Å²) in [6.07, 6.45) is 0.00796. The number of carbonyl (C=O) groups excluding carboxylic acids is 4. The van der Waals surface area contributed by atoms with Gasteiger partial charge in [0.2, 0.25) is 0 Å². The van der Waals surface area contributed by atoms with E-state index in [0.717, 1.165) is 0 Å². The van der Waals surface area contributed by atoms with Gasteiger partial charge >= 0.3 is 0 Å². The van der Waals surface area contributed by atoms with Crippen LogP contribution in [0.4, 0.5) is 0 Å². The Balaban J connectivity index is 0.000000443. The van der Waals surface area contributed by atoms with Crippen molar-refractivity contribution in [3.63, 3.8) is 0 Å². The van der Waals surface area contributed by atoms with Crippen LogP contribution in [0.25, 0.3) is 0 Å². The number of hydrogen-bond donors (Lipinski definition) is 0. The first-order valence-corrected chi connectivity index (χ1v) is 7.55. The Morgan fingerprint density at radius 1 is 0.600 bits per heavy atom. The van der Waals surface area contributed by atoms with Gasteiger partial charge in [-0.3, -0.25) is 19.2 Å². The van der Waals surface area contributed by atoms with Crippen molar-refractivity contribution in [1.29, 1.82) is 0 Å². The first kappa shape index (κ1) is 22.9. The van der Waals surface area contributed by atoms with Crippen LogP contribution in [0.2, 0.25) is 0 Å². The Labute approximate surface area is 164 Å². The Bertz CT molecular complexity index is 645. The number of benzene rings is 2. The van der Waals surface area contributed by atoms with E-state index >= 15 is 0 Å². The monoisotopic (exact) mass is 444 g/mol. The Hall–Kier alpha value is -2.08. The summed E-state index contributed by atoms with van der Waals surface area (Å²) in [5.74, 6) is -0.404. The molecule has 0 saturated heterocycles. The average Bonchev–Trinajstić information content (AvgIpc) is 2.56. The summed E-state index contributed by atoms with van der Waals surface area (Å²) in [5, 5.41) is 0. The number of hydrogen-bond acceptors (Lipinski definition) is 4. The number of Topliss-reactive ketones (excluding diaryl/α,β-unsaturated/α-hetero) is 4. The molecule has 0 aromatic heterocycles. The van der Waals surface area contributed by atoms with E-state index in [9.17, 15) is 19.2 Å². The second kappa shape index (κ2) is 12.3. The Kier molecular flexibility index (Phi) is 11.3. The molecule has 0 aliphatic heterocycles. The predicted octanol–water partition coefficient (Wildman–Crippen LogP) is 3.32. The second-order valence-electron chi connectivity index (χ2n) is 5.34. The summed E-state index contributed by atoms with van der Waals surface area (Å²) in [5.41, 5.74) is 1.21. The fraction of sp³-hybridized carbons (Fsp3) is 0.200. The van der Waals surface area contributed by atoms with Crippen LogP contribution >= 0.6 is 0 Å². The smallest absolute Gasteiger partial charge is 0.170 e. The summed E-state index contributed by atoms with van der Waals surface area (Å²) in [7, 11) is 0. The quantitative estimate of drug-likeness (QED) is 0.391. The van der Waals surface area contributed by atoms with Crippen LogP contribution in [0.3, 0.4) is 0 Å². The van der Waals surface area contributed by atoms with Gasteiger partial charge < -0.3 is 0 Å². The van der Waals surface area contributed by atoms with Crippen molar-refractivity contribution in [3.05, 3.63) is 71.8 Å². The van der Waals surface area contributed by atoms with E-state index in [0.29, 0.717) is 11.1 Å². The zero-order chi connectivity index (χ0) is 17.9. The van der Waals surface area contributed by atoms with Crippen molar-refractivity contribution in [2.45, 2.75) is 26.7 Å². The van der Waals surface area contributed by atoms with Crippen molar-refractivity contribution < 1.29 is 19.2 Å². The molecule has 0 amide bonds. The summed E-state index contributed by atoms with van der Waals surface area (Å²) < 4.78 is 0. The van der Waals surface area contributed by atoms with E-state index in [4.69, 9.17) is 0 Å². The van der Waals surface area contributed by atoms with Crippen molar-refractivity contribution in [3.8, 4) is 0 Å². The molecule has 0 aliphatic carbocycles. The third-order valence-corrected chi connectivity index (χ3v) is 3.01. The van der Waals surface area contributed by atoms with Crippen LogP contribution in [-0.2, 0) is 9.59 Å². The van der Waals surface area contributed by atoms with E-state index in [2.05, 4.69) is 0 Å². The molecule has 0 atom stereocenters. The normalized spacial score (nSPS) is 9.04. The van der Waals surface area contributed by atoms with Crippen molar-refractivity contribution in [2.24, 2.45) is 0 Å². The zero-order valence-corrected chi connectivity index (χ0v) is 17.2. The number of rotatable bonds is 6. The Morgan fingerprint density at radius 2 is 0.880 bits per heavy atom. The molecule has 0 aliphatic rings. The fourth-order valence-corrected chi connectivity index (χ4v) is 1.90. The molecule has 0 bridgehead atoms. The molecule has 4 radical (unpaired) electrons. The molecule has 128 valence electrons. The van der Waals surface area contributed by atoms with Crippen LogP contribution < -0.4 is 0 Å². The van der Waals surface area contributed by atoms with Crippen LogP contribution in [0.5, 0.6) is 0 Å². The third-order valence-electron chi connectivity index (χ3n) is 3.01. The molecular formula is C20H20O4Sn. The largest absolute Gasteiger partial charge is 0.300 e. The number of ketones is 4. The summed E-state index contributed by atoms with van der Waals surface area (Å²) >= 11 is 0. The van der Waals surface area contributed by atoms with Crippen LogP contribution in [0.1, 0.15) is 47.4 Å². The molecule has 5 heteroatoms. The van der Waals surface area contributed by atoms with Crippen LogP contribution in [0, 0.1) is 0 Å². The molecule has 2 rings (SSSR count). The number of carbonyl (C=O) groups is 4. The first-order valence-electron chi connectivity index (χ1n) is 7.55. The maximum atomic E-state index is 11.2. The maximum Gasteiger partial charge on any atom is 0.170 e. The predicted molar refractivity (Wildman–Crippen MR) is 97.9 cm³/mol. The van der Waals surface area contributed by atoms with Gasteiger partial charge in [-0.1, -0.05) is 60.7 Å². The molecule has 0 heterocycles. The molecule has 0 unspecified atom stereocenters. The third kappa shape index (κ3) is 9.72. The average molecular weight is 443 g/mol. The van der Waals surface area contributed by atoms with Gasteiger partial charge in [-0.2, -0.15) is 0 Å². The molecular weight excluding hydrogens is 423 g/mol. The van der Waals surface area contributed by atoms with Gasteiger partial charge in [0.15, 0.2) is 11.6 Å². The molecule has 25 heavy (non-hydrogen) atoms. The SMILES string of the molecule is CC(=O)CC(=O)c1ccccc1.CC(=O)CC(=O)c1ccccc1.[Sn]. The van der Waals surface area contributed by atoms with Gasteiger partial charge in [-0.15, -0.1) is 0 Å². The minimum atomic E-state index is -0.108. The summed E-state index contributed by atoms with van der Waals surface area (Å²) in [4.78, 5) is 43.7. The fourth-order valence-electron chi connectivity index (χ4n) is 1.90. The van der Waals surface area contributed by atoms with E-state index < -0.39 is 0 Å². The van der Waals surface area contributed by atoms with E-state index in [1.54, 1.807) is 48.5 Å². The molecule has 0 fully saturated rings. The first-order chi connectivity index (χ1) is 11.4. The van der Waals surface area contributed by atoms with E-state index in [1.807, 2.05) is 12.1 Å². The minimum absolute atomic E-state index is 0. The van der Waals surface area contributed by atoms with Gasteiger partial charge in [0, 0.05) is 35.0 Å². The molecule has 2 aromatic carbocycles. The molecule has 0 spiro atoms. The standard InChI is InChI=1S/2C10H10O2.Sn/c2*1-8(11)7-10(12)9-5-3-2-4-6-9;/h2*2-6H,7H2,1H3;. The van der Waals surface area contributed by atoms with Crippen LogP contribution in [-0.4, -0.2) is 47.0 Å². The zero-order valence-electron chi connectivity index (χ0n) is 14.3. The maximum absolute atomic E-state index is 11.2. The van der Waals surface area contributed by atoms with Crippen molar-refractivity contribution in [2.75, 3.05) is 0 Å². The van der Waals surface area contributed by atoms with Crippen molar-refractivity contribution >= 4 is 47.0 Å². The summed E-state index contributed by atoms with van der Waals surface area (Å²) in [6, 6.07) is 17.7.